The summed E-state index contributed by atoms with van der Waals surface area (Å²) < 4.78 is 5.32. The molecular formula is C14H19Cl2NO2. The molecule has 1 heterocycles. The molecule has 3 nitrogen and oxygen atoms in total. The molecule has 1 aromatic carbocycles. The molecule has 0 aromatic heterocycles. The van der Waals surface area contributed by atoms with Crippen molar-refractivity contribution in [1.29, 1.82) is 0 Å². The Kier molecular flexibility index (Phi) is 5.48. The third-order valence-electron chi connectivity index (χ3n) is 3.79. The number of nitrogens with two attached hydrogens (primary N) is 1. The minimum Gasteiger partial charge on any atom is -0.392 e. The molecular weight excluding hydrogens is 285 g/mol. The van der Waals surface area contributed by atoms with E-state index in [1.54, 1.807) is 12.1 Å². The molecule has 19 heavy (non-hydrogen) atoms. The van der Waals surface area contributed by atoms with Gasteiger partial charge in [-0.3, -0.25) is 0 Å². The van der Waals surface area contributed by atoms with Crippen LogP contribution in [-0.2, 0) is 4.74 Å². The van der Waals surface area contributed by atoms with Crippen molar-refractivity contribution in [2.45, 2.75) is 24.9 Å². The van der Waals surface area contributed by atoms with Gasteiger partial charge >= 0.3 is 0 Å². The van der Waals surface area contributed by atoms with Gasteiger partial charge in [-0.2, -0.15) is 0 Å². The van der Waals surface area contributed by atoms with Crippen LogP contribution in [0.2, 0.25) is 10.0 Å². The Balaban J connectivity index is 2.15. The predicted octanol–water partition coefficient (Wildman–Crippen LogP) is 2.82. The first kappa shape index (κ1) is 15.1. The van der Waals surface area contributed by atoms with Crippen molar-refractivity contribution in [2.24, 2.45) is 11.7 Å². The summed E-state index contributed by atoms with van der Waals surface area (Å²) >= 11 is 11.9. The highest BCUT2D eigenvalue weighted by atomic mass is 35.5. The molecule has 1 aromatic rings. The van der Waals surface area contributed by atoms with E-state index in [0.717, 1.165) is 18.4 Å². The Bertz CT molecular complexity index is 422. The Hall–Kier alpha value is -0.320. The topological polar surface area (TPSA) is 55.5 Å². The van der Waals surface area contributed by atoms with E-state index < -0.39 is 6.10 Å². The molecule has 106 valence electrons. The minimum atomic E-state index is -0.467. The van der Waals surface area contributed by atoms with Crippen molar-refractivity contribution in [1.82, 2.24) is 0 Å². The van der Waals surface area contributed by atoms with Crippen LogP contribution in [0, 0.1) is 5.92 Å². The molecule has 1 saturated heterocycles. The highest BCUT2D eigenvalue weighted by Gasteiger charge is 2.29. The molecule has 5 heteroatoms. The van der Waals surface area contributed by atoms with Gasteiger partial charge in [-0.15, -0.1) is 0 Å². The van der Waals surface area contributed by atoms with E-state index in [-0.39, 0.29) is 11.8 Å². The molecule has 0 amide bonds. The molecule has 2 unspecified atom stereocenters. The van der Waals surface area contributed by atoms with Crippen molar-refractivity contribution < 1.29 is 9.84 Å². The van der Waals surface area contributed by atoms with Gasteiger partial charge in [0.1, 0.15) is 0 Å². The lowest BCUT2D eigenvalue weighted by Gasteiger charge is -2.32. The number of benzene rings is 1. The average molecular weight is 304 g/mol. The Morgan fingerprint density at radius 1 is 1.26 bits per heavy atom. The average Bonchev–Trinajstić information content (AvgIpc) is 2.44. The highest BCUT2D eigenvalue weighted by molar-refractivity contribution is 6.42. The second-order valence-electron chi connectivity index (χ2n) is 4.96. The van der Waals surface area contributed by atoms with Gasteiger partial charge in [0, 0.05) is 25.7 Å². The van der Waals surface area contributed by atoms with E-state index in [0.29, 0.717) is 29.8 Å². The lowest BCUT2D eigenvalue weighted by molar-refractivity contribution is -0.00194. The van der Waals surface area contributed by atoms with Crippen molar-refractivity contribution >= 4 is 23.2 Å². The number of aliphatic hydroxyl groups is 1. The molecule has 0 radical (unpaired) electrons. The minimum absolute atomic E-state index is 0.113. The lowest BCUT2D eigenvalue weighted by atomic mass is 9.82. The van der Waals surface area contributed by atoms with Gasteiger partial charge in [-0.05, 0) is 36.5 Å². The third-order valence-corrected chi connectivity index (χ3v) is 4.53. The van der Waals surface area contributed by atoms with Crippen LogP contribution in [0.15, 0.2) is 18.2 Å². The van der Waals surface area contributed by atoms with Crippen LogP contribution in [0.3, 0.4) is 0 Å². The summed E-state index contributed by atoms with van der Waals surface area (Å²) in [7, 11) is 0. The van der Waals surface area contributed by atoms with Crippen LogP contribution < -0.4 is 5.73 Å². The van der Waals surface area contributed by atoms with E-state index in [2.05, 4.69) is 0 Å². The summed E-state index contributed by atoms with van der Waals surface area (Å²) in [5.74, 6) is 0.120. The zero-order valence-corrected chi connectivity index (χ0v) is 12.2. The fraction of sp³-hybridized carbons (Fsp3) is 0.571. The van der Waals surface area contributed by atoms with E-state index in [1.807, 2.05) is 6.07 Å². The van der Waals surface area contributed by atoms with Crippen molar-refractivity contribution in [3.05, 3.63) is 33.8 Å². The molecule has 0 spiro atoms. The number of hydrogen-bond acceptors (Lipinski definition) is 3. The van der Waals surface area contributed by atoms with E-state index >= 15 is 0 Å². The standard InChI is InChI=1S/C14H19Cl2NO2/c15-12-2-1-10(7-13(12)16)11(8-17)14(18)9-3-5-19-6-4-9/h1-2,7,9,11,14,18H,3-6,8,17H2. The van der Waals surface area contributed by atoms with Crippen LogP contribution in [0.25, 0.3) is 0 Å². The summed E-state index contributed by atoms with van der Waals surface area (Å²) in [6.07, 6.45) is 1.28. The quantitative estimate of drug-likeness (QED) is 0.899. The number of ether oxygens (including phenoxy) is 1. The highest BCUT2D eigenvalue weighted by Crippen LogP contribution is 2.32. The van der Waals surface area contributed by atoms with Gasteiger partial charge in [0.15, 0.2) is 0 Å². The molecule has 2 rings (SSSR count). The largest absolute Gasteiger partial charge is 0.392 e. The third kappa shape index (κ3) is 3.61. The predicted molar refractivity (Wildman–Crippen MR) is 77.8 cm³/mol. The fourth-order valence-corrected chi connectivity index (χ4v) is 2.91. The Morgan fingerprint density at radius 2 is 1.95 bits per heavy atom. The van der Waals surface area contributed by atoms with Gasteiger partial charge in [0.25, 0.3) is 0 Å². The second-order valence-corrected chi connectivity index (χ2v) is 5.77. The summed E-state index contributed by atoms with van der Waals surface area (Å²) in [4.78, 5) is 0. The second kappa shape index (κ2) is 6.91. The van der Waals surface area contributed by atoms with Crippen molar-refractivity contribution in [3.63, 3.8) is 0 Å². The maximum Gasteiger partial charge on any atom is 0.0650 e. The maximum absolute atomic E-state index is 10.5. The van der Waals surface area contributed by atoms with Crippen molar-refractivity contribution in [3.8, 4) is 0 Å². The summed E-state index contributed by atoms with van der Waals surface area (Å²) in [6.45, 7) is 1.80. The maximum atomic E-state index is 10.5. The smallest absolute Gasteiger partial charge is 0.0650 e. The van der Waals surface area contributed by atoms with Crippen LogP contribution >= 0.6 is 23.2 Å². The van der Waals surface area contributed by atoms with Crippen LogP contribution in [0.5, 0.6) is 0 Å². The van der Waals surface area contributed by atoms with Gasteiger partial charge in [0.05, 0.1) is 16.1 Å². The van der Waals surface area contributed by atoms with E-state index in [4.69, 9.17) is 33.7 Å². The van der Waals surface area contributed by atoms with Gasteiger partial charge in [-0.1, -0.05) is 29.3 Å². The number of aliphatic hydroxyl groups excluding tert-OH is 1. The number of hydrogen-bond donors (Lipinski definition) is 2. The summed E-state index contributed by atoms with van der Waals surface area (Å²) in [5, 5.41) is 11.5. The van der Waals surface area contributed by atoms with E-state index in [9.17, 15) is 5.11 Å². The normalized spacial score (nSPS) is 20.2. The van der Waals surface area contributed by atoms with Crippen LogP contribution in [0.4, 0.5) is 0 Å². The van der Waals surface area contributed by atoms with E-state index in [1.165, 1.54) is 0 Å². The first-order valence-electron chi connectivity index (χ1n) is 6.54. The SMILES string of the molecule is NCC(c1ccc(Cl)c(Cl)c1)C(O)C1CCOCC1. The Morgan fingerprint density at radius 3 is 2.53 bits per heavy atom. The molecule has 1 aliphatic heterocycles. The molecule has 2 atom stereocenters. The summed E-state index contributed by atoms with van der Waals surface area (Å²) in [5.41, 5.74) is 6.77. The lowest BCUT2D eigenvalue weighted by Crippen LogP contribution is -2.35. The molecule has 0 saturated carbocycles. The van der Waals surface area contributed by atoms with Gasteiger partial charge in [0.2, 0.25) is 0 Å². The van der Waals surface area contributed by atoms with Crippen molar-refractivity contribution in [2.75, 3.05) is 19.8 Å². The molecule has 1 aliphatic rings. The number of halogens is 2. The summed E-state index contributed by atoms with van der Waals surface area (Å²) in [6, 6.07) is 5.43. The molecule has 0 bridgehead atoms. The molecule has 0 aliphatic carbocycles. The van der Waals surface area contributed by atoms with Gasteiger partial charge in [-0.25, -0.2) is 0 Å². The zero-order chi connectivity index (χ0) is 13.8. The zero-order valence-electron chi connectivity index (χ0n) is 10.7. The first-order valence-corrected chi connectivity index (χ1v) is 7.30. The Labute approximate surface area is 123 Å². The first-order chi connectivity index (χ1) is 9.13. The van der Waals surface area contributed by atoms with Crippen LogP contribution in [0.1, 0.15) is 24.3 Å². The fourth-order valence-electron chi connectivity index (χ4n) is 2.60. The molecule has 3 N–H and O–H groups in total. The van der Waals surface area contributed by atoms with Gasteiger partial charge < -0.3 is 15.6 Å². The number of rotatable bonds is 4. The van der Waals surface area contributed by atoms with Crippen LogP contribution in [-0.4, -0.2) is 31.0 Å². The molecule has 1 fully saturated rings. The monoisotopic (exact) mass is 303 g/mol.